The number of pyridine rings is 1. The van der Waals surface area contributed by atoms with E-state index >= 15 is 0 Å². The van der Waals surface area contributed by atoms with Gasteiger partial charge in [0, 0.05) is 37.4 Å². The molecule has 2 aliphatic rings. The molecule has 1 fully saturated rings. The number of amides is 1. The van der Waals surface area contributed by atoms with Crippen LogP contribution in [-0.4, -0.2) is 75.7 Å². The quantitative estimate of drug-likeness (QED) is 0.666. The molecule has 11 heteroatoms. The van der Waals surface area contributed by atoms with Gasteiger partial charge in [0.1, 0.15) is 6.04 Å². The van der Waals surface area contributed by atoms with Gasteiger partial charge in [-0.25, -0.2) is 22.2 Å². The number of likely N-dealkylation sites (N-methyl/N-ethyl adjacent to an activating group) is 1. The zero-order chi connectivity index (χ0) is 24.6. The summed E-state index contributed by atoms with van der Waals surface area (Å²) in [6, 6.07) is 10.2. The number of nitrogens with one attached hydrogen (secondary N) is 1. The maximum Gasteiger partial charge on any atom is 0.251 e. The SMILES string of the molecule is CC1C(=O)N(C)c2ccc(-c3cccc(NS(C)(=O)=O)c3)nc2N1C1CCN(CC(F)F)CC1. The number of fused-ring (bicyclic) bond motifs is 1. The fourth-order valence-corrected chi connectivity index (χ4v) is 5.33. The Hall–Kier alpha value is -2.79. The minimum absolute atomic E-state index is 0.00121. The number of halogens is 2. The van der Waals surface area contributed by atoms with Crippen LogP contribution in [0.2, 0.25) is 0 Å². The molecule has 8 nitrogen and oxygen atoms in total. The molecule has 0 radical (unpaired) electrons. The molecule has 1 saturated heterocycles. The maximum atomic E-state index is 13.0. The molecule has 0 bridgehead atoms. The zero-order valence-electron chi connectivity index (χ0n) is 19.4. The molecule has 1 N–H and O–H groups in total. The number of piperidine rings is 1. The van der Waals surface area contributed by atoms with E-state index in [0.29, 0.717) is 48.8 Å². The fraction of sp³-hybridized carbons (Fsp3) is 0.478. The van der Waals surface area contributed by atoms with Crippen molar-refractivity contribution in [3.63, 3.8) is 0 Å². The first-order chi connectivity index (χ1) is 16.0. The molecule has 1 unspecified atom stereocenters. The van der Waals surface area contributed by atoms with Crippen LogP contribution < -0.4 is 14.5 Å². The summed E-state index contributed by atoms with van der Waals surface area (Å²) in [5.41, 5.74) is 2.50. The van der Waals surface area contributed by atoms with Crippen molar-refractivity contribution in [1.29, 1.82) is 0 Å². The Morgan fingerprint density at radius 2 is 1.88 bits per heavy atom. The van der Waals surface area contributed by atoms with Crippen molar-refractivity contribution in [2.45, 2.75) is 38.3 Å². The van der Waals surface area contributed by atoms with Crippen LogP contribution in [-0.2, 0) is 14.8 Å². The van der Waals surface area contributed by atoms with E-state index in [4.69, 9.17) is 4.98 Å². The van der Waals surface area contributed by atoms with Crippen molar-refractivity contribution in [3.8, 4) is 11.3 Å². The molecule has 4 rings (SSSR count). The largest absolute Gasteiger partial charge is 0.340 e. The number of nitrogens with zero attached hydrogens (tertiary/aromatic N) is 4. The second-order valence-electron chi connectivity index (χ2n) is 8.90. The Labute approximate surface area is 198 Å². The van der Waals surface area contributed by atoms with E-state index in [0.717, 1.165) is 11.8 Å². The van der Waals surface area contributed by atoms with Crippen molar-refractivity contribution >= 4 is 33.1 Å². The van der Waals surface area contributed by atoms with Gasteiger partial charge in [-0.3, -0.25) is 14.4 Å². The lowest BCUT2D eigenvalue weighted by molar-refractivity contribution is -0.119. The minimum Gasteiger partial charge on any atom is -0.340 e. The zero-order valence-corrected chi connectivity index (χ0v) is 20.2. The predicted octanol–water partition coefficient (Wildman–Crippen LogP) is 3.02. The van der Waals surface area contributed by atoms with Gasteiger partial charge in [0.05, 0.1) is 24.2 Å². The van der Waals surface area contributed by atoms with Gasteiger partial charge in [0.2, 0.25) is 15.9 Å². The molecule has 3 heterocycles. The molecule has 0 saturated carbocycles. The molecule has 2 aromatic rings. The maximum absolute atomic E-state index is 13.0. The molecular formula is C23H29F2N5O3S. The number of anilines is 3. The van der Waals surface area contributed by atoms with Crippen molar-refractivity contribution in [1.82, 2.24) is 9.88 Å². The number of likely N-dealkylation sites (tertiary alicyclic amines) is 1. The average Bonchev–Trinajstić information content (AvgIpc) is 2.77. The van der Waals surface area contributed by atoms with Gasteiger partial charge in [0.25, 0.3) is 6.43 Å². The van der Waals surface area contributed by atoms with Gasteiger partial charge in [-0.15, -0.1) is 0 Å². The van der Waals surface area contributed by atoms with Crippen molar-refractivity contribution < 1.29 is 22.0 Å². The van der Waals surface area contributed by atoms with Crippen LogP contribution in [0, 0.1) is 0 Å². The van der Waals surface area contributed by atoms with Crippen LogP contribution >= 0.6 is 0 Å². The van der Waals surface area contributed by atoms with Gasteiger partial charge in [-0.1, -0.05) is 12.1 Å². The van der Waals surface area contributed by atoms with Crippen molar-refractivity contribution in [2.24, 2.45) is 0 Å². The van der Waals surface area contributed by atoms with Gasteiger partial charge in [0.15, 0.2) is 5.82 Å². The summed E-state index contributed by atoms with van der Waals surface area (Å²) in [6.45, 7) is 2.69. The lowest BCUT2D eigenvalue weighted by Crippen LogP contribution is -2.57. The van der Waals surface area contributed by atoms with Gasteiger partial charge in [-0.05, 0) is 44.0 Å². The number of hydrogen-bond donors (Lipinski definition) is 1. The summed E-state index contributed by atoms with van der Waals surface area (Å²) in [7, 11) is -1.70. The lowest BCUT2D eigenvalue weighted by Gasteiger charge is -2.46. The smallest absolute Gasteiger partial charge is 0.251 e. The highest BCUT2D eigenvalue weighted by atomic mass is 32.2. The second-order valence-corrected chi connectivity index (χ2v) is 10.6. The van der Waals surface area contributed by atoms with E-state index in [2.05, 4.69) is 4.72 Å². The number of aromatic nitrogens is 1. The van der Waals surface area contributed by atoms with E-state index in [9.17, 15) is 22.0 Å². The highest BCUT2D eigenvalue weighted by molar-refractivity contribution is 7.92. The number of carbonyl (C=O) groups is 1. The van der Waals surface area contributed by atoms with E-state index in [1.807, 2.05) is 30.0 Å². The highest BCUT2D eigenvalue weighted by Gasteiger charge is 2.39. The summed E-state index contributed by atoms with van der Waals surface area (Å²) in [6.07, 6.45) is 0.0502. The van der Waals surface area contributed by atoms with Crippen LogP contribution in [0.3, 0.4) is 0 Å². The molecule has 1 aromatic heterocycles. The summed E-state index contributed by atoms with van der Waals surface area (Å²) in [4.78, 5) is 23.3. The van der Waals surface area contributed by atoms with Crippen LogP contribution in [0.25, 0.3) is 11.3 Å². The Balaban J connectivity index is 1.67. The third kappa shape index (κ3) is 5.15. The fourth-order valence-electron chi connectivity index (χ4n) is 4.78. The van der Waals surface area contributed by atoms with Crippen LogP contribution in [0.5, 0.6) is 0 Å². The molecule has 1 amide bonds. The van der Waals surface area contributed by atoms with Crippen molar-refractivity contribution in [3.05, 3.63) is 36.4 Å². The minimum atomic E-state index is -3.42. The molecule has 1 aromatic carbocycles. The number of alkyl halides is 2. The first kappa shape index (κ1) is 24.3. The summed E-state index contributed by atoms with van der Waals surface area (Å²) in [5, 5.41) is 0. The first-order valence-electron chi connectivity index (χ1n) is 11.2. The molecule has 34 heavy (non-hydrogen) atoms. The monoisotopic (exact) mass is 493 g/mol. The second kappa shape index (κ2) is 9.46. The van der Waals surface area contributed by atoms with E-state index in [-0.39, 0.29) is 18.5 Å². The van der Waals surface area contributed by atoms with Crippen LogP contribution in [0.4, 0.5) is 26.0 Å². The Kier molecular flexibility index (Phi) is 6.77. The Bertz CT molecular complexity index is 1170. The molecule has 184 valence electrons. The third-order valence-electron chi connectivity index (χ3n) is 6.37. The lowest BCUT2D eigenvalue weighted by atomic mass is 9.98. The number of sulfonamides is 1. The van der Waals surface area contributed by atoms with E-state index in [1.54, 1.807) is 35.0 Å². The molecular weight excluding hydrogens is 464 g/mol. The topological polar surface area (TPSA) is 85.8 Å². The summed E-state index contributed by atoms with van der Waals surface area (Å²) in [5.74, 6) is 0.622. The third-order valence-corrected chi connectivity index (χ3v) is 6.98. The Morgan fingerprint density at radius 3 is 2.53 bits per heavy atom. The number of benzene rings is 1. The number of rotatable bonds is 6. The van der Waals surface area contributed by atoms with Gasteiger partial charge < -0.3 is 9.80 Å². The number of carbonyl (C=O) groups excluding carboxylic acids is 1. The standard InChI is InChI=1S/C23H29F2N5O3S/c1-15-23(31)28(2)20-8-7-19(16-5-4-6-17(13-16)27-34(3,32)33)26-22(20)30(15)18-9-11-29(12-10-18)14-21(24)25/h4-8,13,15,18,21,27H,9-12,14H2,1-3H3. The predicted molar refractivity (Wildman–Crippen MR) is 129 cm³/mol. The van der Waals surface area contributed by atoms with Gasteiger partial charge in [-0.2, -0.15) is 0 Å². The first-order valence-corrected chi connectivity index (χ1v) is 13.1. The molecule has 1 atom stereocenters. The average molecular weight is 494 g/mol. The molecule has 0 spiro atoms. The highest BCUT2D eigenvalue weighted by Crippen LogP contribution is 2.39. The summed E-state index contributed by atoms with van der Waals surface area (Å²) < 4.78 is 51.3. The molecule has 0 aliphatic carbocycles. The van der Waals surface area contributed by atoms with Gasteiger partial charge >= 0.3 is 0 Å². The van der Waals surface area contributed by atoms with E-state index < -0.39 is 22.5 Å². The van der Waals surface area contributed by atoms with E-state index in [1.165, 1.54) is 0 Å². The van der Waals surface area contributed by atoms with Crippen LogP contribution in [0.15, 0.2) is 36.4 Å². The number of hydrogen-bond acceptors (Lipinski definition) is 6. The van der Waals surface area contributed by atoms with Crippen molar-refractivity contribution in [2.75, 3.05) is 47.5 Å². The Morgan fingerprint density at radius 1 is 1.18 bits per heavy atom. The normalized spacial score (nSPS) is 20.1. The van der Waals surface area contributed by atoms with Crippen LogP contribution in [0.1, 0.15) is 19.8 Å². The molecule has 2 aliphatic heterocycles. The summed E-state index contributed by atoms with van der Waals surface area (Å²) >= 11 is 0.